The average molecular weight is 305 g/mol. The summed E-state index contributed by atoms with van der Waals surface area (Å²) in [5.74, 6) is -1.79. The molecule has 0 fully saturated rings. The number of nitro benzene ring substituents is 1. The van der Waals surface area contributed by atoms with E-state index in [0.717, 1.165) is 6.07 Å². The van der Waals surface area contributed by atoms with Gasteiger partial charge in [-0.1, -0.05) is 6.07 Å². The van der Waals surface area contributed by atoms with E-state index >= 15 is 0 Å². The smallest absolute Gasteiger partial charge is 0.328 e. The standard InChI is InChI=1S/C14H15N3O5/c1-9(8-15)6-12(14(19)22-2)16-13(18)10-4-3-5-11(7-10)17(20)21/h3-5,7,9,12H,6H2,1-2H3,(H,16,18)/t9-,12+/m0/s1. The number of nitro groups is 1. The summed E-state index contributed by atoms with van der Waals surface area (Å²) in [6, 6.07) is 6.10. The molecule has 0 spiro atoms. The first-order valence-corrected chi connectivity index (χ1v) is 6.41. The normalized spacial score (nSPS) is 12.6. The predicted octanol–water partition coefficient (Wildman–Crippen LogP) is 1.42. The van der Waals surface area contributed by atoms with Gasteiger partial charge in [-0.3, -0.25) is 14.9 Å². The number of amides is 1. The number of methoxy groups -OCH3 is 1. The number of hydrogen-bond donors (Lipinski definition) is 1. The molecule has 0 aliphatic heterocycles. The van der Waals surface area contributed by atoms with Gasteiger partial charge in [-0.15, -0.1) is 0 Å². The van der Waals surface area contributed by atoms with Crippen LogP contribution in [0, 0.1) is 27.4 Å². The largest absolute Gasteiger partial charge is 0.467 e. The number of benzene rings is 1. The van der Waals surface area contributed by atoms with Crippen molar-refractivity contribution in [2.24, 2.45) is 5.92 Å². The molecule has 1 rings (SSSR count). The Morgan fingerprint density at radius 2 is 2.18 bits per heavy atom. The number of esters is 1. The molecule has 0 bridgehead atoms. The second kappa shape index (κ2) is 7.73. The second-order valence-electron chi connectivity index (χ2n) is 4.62. The van der Waals surface area contributed by atoms with Crippen LogP contribution in [0.25, 0.3) is 0 Å². The molecule has 0 aromatic heterocycles. The van der Waals surface area contributed by atoms with Gasteiger partial charge in [0.25, 0.3) is 11.6 Å². The molecule has 1 aromatic rings. The minimum atomic E-state index is -0.994. The van der Waals surface area contributed by atoms with Crippen LogP contribution >= 0.6 is 0 Å². The summed E-state index contributed by atoms with van der Waals surface area (Å²) in [5.41, 5.74) is -0.180. The van der Waals surface area contributed by atoms with E-state index in [9.17, 15) is 19.7 Å². The highest BCUT2D eigenvalue weighted by Crippen LogP contribution is 2.14. The predicted molar refractivity (Wildman–Crippen MR) is 75.8 cm³/mol. The number of non-ortho nitro benzene ring substituents is 1. The van der Waals surface area contributed by atoms with Crippen molar-refractivity contribution in [2.75, 3.05) is 7.11 Å². The van der Waals surface area contributed by atoms with Crippen molar-refractivity contribution in [1.29, 1.82) is 5.26 Å². The van der Waals surface area contributed by atoms with E-state index in [0.29, 0.717) is 0 Å². The molecule has 0 saturated carbocycles. The maximum absolute atomic E-state index is 12.1. The van der Waals surface area contributed by atoms with E-state index < -0.39 is 28.8 Å². The number of nitriles is 1. The molecule has 22 heavy (non-hydrogen) atoms. The van der Waals surface area contributed by atoms with Gasteiger partial charge in [0.1, 0.15) is 6.04 Å². The van der Waals surface area contributed by atoms with Crippen LogP contribution in [0.15, 0.2) is 24.3 Å². The zero-order valence-electron chi connectivity index (χ0n) is 12.1. The Kier molecular flexibility index (Phi) is 6.01. The minimum absolute atomic E-state index is 0.0488. The van der Waals surface area contributed by atoms with E-state index in [-0.39, 0.29) is 17.7 Å². The van der Waals surface area contributed by atoms with E-state index in [1.165, 1.54) is 25.3 Å². The summed E-state index contributed by atoms with van der Waals surface area (Å²) < 4.78 is 4.59. The quantitative estimate of drug-likeness (QED) is 0.481. The zero-order chi connectivity index (χ0) is 16.7. The van der Waals surface area contributed by atoms with Gasteiger partial charge < -0.3 is 10.1 Å². The molecule has 8 heteroatoms. The number of rotatable bonds is 6. The molecule has 2 atom stereocenters. The van der Waals surface area contributed by atoms with Gasteiger partial charge in [0.2, 0.25) is 0 Å². The van der Waals surface area contributed by atoms with Crippen molar-refractivity contribution in [1.82, 2.24) is 5.32 Å². The van der Waals surface area contributed by atoms with Gasteiger partial charge in [-0.25, -0.2) is 4.79 Å². The van der Waals surface area contributed by atoms with E-state index in [1.54, 1.807) is 6.92 Å². The fourth-order valence-corrected chi connectivity index (χ4v) is 1.76. The lowest BCUT2D eigenvalue weighted by molar-refractivity contribution is -0.384. The summed E-state index contributed by atoms with van der Waals surface area (Å²) >= 11 is 0. The number of nitrogens with zero attached hydrogens (tertiary/aromatic N) is 2. The van der Waals surface area contributed by atoms with Crippen LogP contribution in [0.2, 0.25) is 0 Å². The number of nitrogens with one attached hydrogen (secondary N) is 1. The third-order valence-electron chi connectivity index (χ3n) is 2.92. The van der Waals surface area contributed by atoms with E-state index in [2.05, 4.69) is 10.1 Å². The van der Waals surface area contributed by atoms with Gasteiger partial charge in [-0.2, -0.15) is 5.26 Å². The van der Waals surface area contributed by atoms with Crippen LogP contribution in [0.5, 0.6) is 0 Å². The molecule has 0 saturated heterocycles. The van der Waals surface area contributed by atoms with Gasteiger partial charge in [0.05, 0.1) is 18.1 Å². The van der Waals surface area contributed by atoms with Crippen LogP contribution in [0.3, 0.4) is 0 Å². The molecule has 0 aliphatic rings. The summed E-state index contributed by atoms with van der Waals surface area (Å²) in [6.45, 7) is 1.61. The van der Waals surface area contributed by atoms with Gasteiger partial charge >= 0.3 is 5.97 Å². The van der Waals surface area contributed by atoms with Gasteiger partial charge in [-0.05, 0) is 19.4 Å². The highest BCUT2D eigenvalue weighted by Gasteiger charge is 2.24. The highest BCUT2D eigenvalue weighted by atomic mass is 16.6. The third-order valence-corrected chi connectivity index (χ3v) is 2.92. The lowest BCUT2D eigenvalue weighted by Gasteiger charge is -2.17. The Morgan fingerprint density at radius 3 is 2.73 bits per heavy atom. The Bertz CT molecular complexity index is 623. The van der Waals surface area contributed by atoms with Crippen LogP contribution in [0.1, 0.15) is 23.7 Å². The van der Waals surface area contributed by atoms with Crippen molar-refractivity contribution >= 4 is 17.6 Å². The number of hydrogen-bond acceptors (Lipinski definition) is 6. The molecule has 0 unspecified atom stereocenters. The molecule has 0 heterocycles. The van der Waals surface area contributed by atoms with Crippen molar-refractivity contribution in [3.05, 3.63) is 39.9 Å². The summed E-state index contributed by atoms with van der Waals surface area (Å²) in [6.07, 6.45) is 0.0871. The van der Waals surface area contributed by atoms with Gasteiger partial charge in [0.15, 0.2) is 0 Å². The second-order valence-corrected chi connectivity index (χ2v) is 4.62. The van der Waals surface area contributed by atoms with Gasteiger partial charge in [0, 0.05) is 23.6 Å². The first kappa shape index (κ1) is 17.1. The molecule has 1 N–H and O–H groups in total. The molecule has 0 radical (unpaired) electrons. The van der Waals surface area contributed by atoms with Crippen molar-refractivity contribution in [3.63, 3.8) is 0 Å². The molecule has 0 aliphatic carbocycles. The molecule has 116 valence electrons. The Hall–Kier alpha value is -2.95. The minimum Gasteiger partial charge on any atom is -0.467 e. The summed E-state index contributed by atoms with van der Waals surface area (Å²) in [5, 5.41) is 21.9. The Balaban J connectivity index is 2.91. The molecular weight excluding hydrogens is 290 g/mol. The average Bonchev–Trinajstić information content (AvgIpc) is 2.53. The van der Waals surface area contributed by atoms with E-state index in [1.807, 2.05) is 6.07 Å². The van der Waals surface area contributed by atoms with Crippen LogP contribution in [-0.4, -0.2) is 30.0 Å². The fourth-order valence-electron chi connectivity index (χ4n) is 1.76. The first-order valence-electron chi connectivity index (χ1n) is 6.41. The van der Waals surface area contributed by atoms with E-state index in [4.69, 9.17) is 5.26 Å². The first-order chi connectivity index (χ1) is 10.4. The maximum atomic E-state index is 12.1. The van der Waals surface area contributed by atoms with Crippen LogP contribution in [-0.2, 0) is 9.53 Å². The van der Waals surface area contributed by atoms with Crippen molar-refractivity contribution < 1.29 is 19.2 Å². The van der Waals surface area contributed by atoms with Crippen molar-refractivity contribution in [3.8, 4) is 6.07 Å². The molecule has 1 aromatic carbocycles. The molecular formula is C14H15N3O5. The third kappa shape index (κ3) is 4.56. The molecule has 1 amide bonds. The SMILES string of the molecule is COC(=O)[C@@H](C[C@H](C)C#N)NC(=O)c1cccc([N+](=O)[O-])c1. The summed E-state index contributed by atoms with van der Waals surface area (Å²) in [7, 11) is 1.17. The maximum Gasteiger partial charge on any atom is 0.328 e. The number of carbonyl (C=O) groups is 2. The number of carbonyl (C=O) groups excluding carboxylic acids is 2. The highest BCUT2D eigenvalue weighted by molar-refractivity contribution is 5.97. The number of ether oxygens (including phenoxy) is 1. The monoisotopic (exact) mass is 305 g/mol. The molecule has 8 nitrogen and oxygen atoms in total. The lowest BCUT2D eigenvalue weighted by atomic mass is 10.0. The lowest BCUT2D eigenvalue weighted by Crippen LogP contribution is -2.42. The zero-order valence-corrected chi connectivity index (χ0v) is 12.1. The Labute approximate surface area is 126 Å². The summed E-state index contributed by atoms with van der Waals surface area (Å²) in [4.78, 5) is 33.8. The Morgan fingerprint density at radius 1 is 1.50 bits per heavy atom. The van der Waals surface area contributed by atoms with Crippen molar-refractivity contribution in [2.45, 2.75) is 19.4 Å². The van der Waals surface area contributed by atoms with Crippen LogP contribution in [0.4, 0.5) is 5.69 Å². The van der Waals surface area contributed by atoms with Crippen LogP contribution < -0.4 is 5.32 Å². The fraction of sp³-hybridized carbons (Fsp3) is 0.357. The topological polar surface area (TPSA) is 122 Å².